The van der Waals surface area contributed by atoms with Crippen molar-refractivity contribution in [1.29, 1.82) is 0 Å². The Kier molecular flexibility index (Phi) is 6.82. The van der Waals surface area contributed by atoms with E-state index in [2.05, 4.69) is 15.4 Å². The summed E-state index contributed by atoms with van der Waals surface area (Å²) in [5.41, 5.74) is 1.88. The number of anilines is 1. The summed E-state index contributed by atoms with van der Waals surface area (Å²) in [5.74, 6) is -0.367. The van der Waals surface area contributed by atoms with Crippen LogP contribution in [0.25, 0.3) is 10.9 Å². The summed E-state index contributed by atoms with van der Waals surface area (Å²) in [5, 5.41) is 17.2. The number of carbonyl (C=O) groups excluding carboxylic acids is 2. The molecule has 2 N–H and O–H groups in total. The van der Waals surface area contributed by atoms with Crippen LogP contribution in [0.5, 0.6) is 11.5 Å². The predicted molar refractivity (Wildman–Crippen MR) is 144 cm³/mol. The SMILES string of the molecule is Cc1c(Oc2ccnc3ccc(C(=O)N4CC(O)C4)cc23)ccc(CC(=O)Nc2cnn(C(C)(C)C)c2)c1F. The number of hydrogen-bond donors (Lipinski definition) is 2. The highest BCUT2D eigenvalue weighted by molar-refractivity contribution is 5.99. The summed E-state index contributed by atoms with van der Waals surface area (Å²) in [6, 6.07) is 9.92. The molecule has 3 heterocycles. The van der Waals surface area contributed by atoms with E-state index >= 15 is 4.39 Å². The third-order valence-electron chi connectivity index (χ3n) is 6.64. The number of aliphatic hydroxyl groups excluding tert-OH is 1. The minimum atomic E-state index is -0.529. The van der Waals surface area contributed by atoms with Crippen LogP contribution in [0.1, 0.15) is 42.3 Å². The Morgan fingerprint density at radius 3 is 2.62 bits per heavy atom. The van der Waals surface area contributed by atoms with Crippen LogP contribution in [0.4, 0.5) is 10.1 Å². The average molecular weight is 532 g/mol. The van der Waals surface area contributed by atoms with Crippen LogP contribution in [0.2, 0.25) is 0 Å². The molecule has 0 unspecified atom stereocenters. The molecule has 202 valence electrons. The van der Waals surface area contributed by atoms with Crippen molar-refractivity contribution in [3.63, 3.8) is 0 Å². The van der Waals surface area contributed by atoms with Gasteiger partial charge in [0, 0.05) is 42.0 Å². The first-order valence-corrected chi connectivity index (χ1v) is 12.7. The largest absolute Gasteiger partial charge is 0.456 e. The molecule has 2 aromatic heterocycles. The molecule has 2 aromatic carbocycles. The first kappa shape index (κ1) is 26.3. The Morgan fingerprint density at radius 2 is 1.92 bits per heavy atom. The fraction of sp³-hybridized carbons (Fsp3) is 0.310. The number of carbonyl (C=O) groups is 2. The number of aromatic nitrogens is 3. The van der Waals surface area contributed by atoms with Crippen molar-refractivity contribution in [2.24, 2.45) is 0 Å². The Bertz CT molecular complexity index is 1570. The number of aliphatic hydroxyl groups is 1. The number of hydrogen-bond acceptors (Lipinski definition) is 6. The van der Waals surface area contributed by atoms with Crippen molar-refractivity contribution in [2.45, 2.75) is 45.8 Å². The summed E-state index contributed by atoms with van der Waals surface area (Å²) in [6.07, 6.45) is 4.24. The maximum Gasteiger partial charge on any atom is 0.254 e. The fourth-order valence-corrected chi connectivity index (χ4v) is 4.37. The second-order valence-corrected chi connectivity index (χ2v) is 10.7. The van der Waals surface area contributed by atoms with Crippen LogP contribution in [-0.2, 0) is 16.8 Å². The molecule has 1 saturated heterocycles. The summed E-state index contributed by atoms with van der Waals surface area (Å²) in [4.78, 5) is 31.2. The van der Waals surface area contributed by atoms with Crippen molar-refractivity contribution in [1.82, 2.24) is 19.7 Å². The maximum atomic E-state index is 15.3. The maximum absolute atomic E-state index is 15.3. The lowest BCUT2D eigenvalue weighted by Crippen LogP contribution is -2.53. The van der Waals surface area contributed by atoms with Gasteiger partial charge in [0.15, 0.2) is 0 Å². The number of halogens is 1. The van der Waals surface area contributed by atoms with Crippen LogP contribution in [0.15, 0.2) is 55.0 Å². The molecule has 9 nitrogen and oxygen atoms in total. The van der Waals surface area contributed by atoms with Crippen molar-refractivity contribution in [3.05, 3.63) is 77.5 Å². The lowest BCUT2D eigenvalue weighted by molar-refractivity contribution is -0.115. The minimum Gasteiger partial charge on any atom is -0.456 e. The number of β-amino-alcohol motifs (C(OH)–C–C–N with tert-alkyl or cyclic N) is 1. The van der Waals surface area contributed by atoms with E-state index in [4.69, 9.17) is 4.74 Å². The monoisotopic (exact) mass is 531 g/mol. The predicted octanol–water partition coefficient (Wildman–Crippen LogP) is 4.42. The van der Waals surface area contributed by atoms with Gasteiger partial charge in [0.1, 0.15) is 17.3 Å². The highest BCUT2D eigenvalue weighted by Gasteiger charge is 2.29. The van der Waals surface area contributed by atoms with Crippen LogP contribution in [-0.4, -0.2) is 55.8 Å². The minimum absolute atomic E-state index is 0.150. The molecule has 1 aliphatic rings. The summed E-state index contributed by atoms with van der Waals surface area (Å²) < 4.78 is 23.2. The van der Waals surface area contributed by atoms with E-state index in [1.807, 2.05) is 20.8 Å². The van der Waals surface area contributed by atoms with E-state index in [1.165, 1.54) is 6.07 Å². The van der Waals surface area contributed by atoms with Gasteiger partial charge in [-0.1, -0.05) is 6.07 Å². The molecule has 1 fully saturated rings. The zero-order chi connectivity index (χ0) is 27.9. The van der Waals surface area contributed by atoms with Crippen LogP contribution < -0.4 is 10.1 Å². The quantitative estimate of drug-likeness (QED) is 0.381. The molecule has 10 heteroatoms. The number of rotatable bonds is 6. The van der Waals surface area contributed by atoms with Gasteiger partial charge in [0.25, 0.3) is 5.91 Å². The number of ether oxygens (including phenoxy) is 1. The smallest absolute Gasteiger partial charge is 0.254 e. The zero-order valence-corrected chi connectivity index (χ0v) is 22.2. The average Bonchev–Trinajstić information content (AvgIpc) is 3.35. The highest BCUT2D eigenvalue weighted by Crippen LogP contribution is 2.33. The number of benzene rings is 2. The lowest BCUT2D eigenvalue weighted by Gasteiger charge is -2.35. The van der Waals surface area contributed by atoms with E-state index in [-0.39, 0.29) is 34.9 Å². The zero-order valence-electron chi connectivity index (χ0n) is 22.2. The molecule has 39 heavy (non-hydrogen) atoms. The lowest BCUT2D eigenvalue weighted by atomic mass is 10.1. The van der Waals surface area contributed by atoms with E-state index in [9.17, 15) is 14.7 Å². The van der Waals surface area contributed by atoms with Gasteiger partial charge < -0.3 is 20.1 Å². The van der Waals surface area contributed by atoms with Gasteiger partial charge in [0.2, 0.25) is 5.91 Å². The second kappa shape index (κ2) is 10.1. The van der Waals surface area contributed by atoms with Crippen molar-refractivity contribution < 1.29 is 23.8 Å². The van der Waals surface area contributed by atoms with Crippen LogP contribution >= 0.6 is 0 Å². The topological polar surface area (TPSA) is 110 Å². The van der Waals surface area contributed by atoms with E-state index < -0.39 is 11.9 Å². The summed E-state index contributed by atoms with van der Waals surface area (Å²) >= 11 is 0. The van der Waals surface area contributed by atoms with Crippen LogP contribution in [0, 0.1) is 12.7 Å². The molecule has 2 amide bonds. The summed E-state index contributed by atoms with van der Waals surface area (Å²) in [6.45, 7) is 8.19. The molecule has 4 aromatic rings. The van der Waals surface area contributed by atoms with Crippen molar-refractivity contribution in [2.75, 3.05) is 18.4 Å². The van der Waals surface area contributed by atoms with Gasteiger partial charge in [0.05, 0.1) is 35.5 Å². The molecule has 0 spiro atoms. The fourth-order valence-electron chi connectivity index (χ4n) is 4.37. The van der Waals surface area contributed by atoms with E-state index in [1.54, 1.807) is 65.4 Å². The van der Waals surface area contributed by atoms with Gasteiger partial charge in [-0.2, -0.15) is 5.10 Å². The van der Waals surface area contributed by atoms with E-state index in [0.29, 0.717) is 46.7 Å². The molecule has 1 aliphatic heterocycles. The molecule has 0 atom stereocenters. The van der Waals surface area contributed by atoms with Gasteiger partial charge >= 0.3 is 0 Å². The standard InChI is InChI=1S/C29H30FN5O4/c1-17-24(8-6-18(27(17)30)12-26(37)33-20-13-32-35(14-20)29(2,3)4)39-25-9-10-31-23-7-5-19(11-22(23)25)28(38)34-15-21(36)16-34/h5-11,13-14,21,36H,12,15-16H2,1-4H3,(H,33,37). The number of pyridine rings is 1. The molecular formula is C29H30FN5O4. The molecule has 0 aliphatic carbocycles. The normalized spacial score (nSPS) is 13.8. The number of nitrogens with one attached hydrogen (secondary N) is 1. The molecule has 0 bridgehead atoms. The number of amides is 2. The highest BCUT2D eigenvalue weighted by atomic mass is 19.1. The third-order valence-corrected chi connectivity index (χ3v) is 6.64. The Labute approximate surface area is 225 Å². The van der Waals surface area contributed by atoms with Gasteiger partial charge in [-0.25, -0.2) is 4.39 Å². The van der Waals surface area contributed by atoms with Crippen molar-refractivity contribution >= 4 is 28.4 Å². The van der Waals surface area contributed by atoms with E-state index in [0.717, 1.165) is 0 Å². The van der Waals surface area contributed by atoms with Crippen LogP contribution in [0.3, 0.4) is 0 Å². The molecular weight excluding hydrogens is 501 g/mol. The molecule has 5 rings (SSSR count). The molecule has 0 radical (unpaired) electrons. The Hall–Kier alpha value is -4.31. The van der Waals surface area contributed by atoms with Crippen molar-refractivity contribution in [3.8, 4) is 11.5 Å². The Balaban J connectivity index is 1.33. The van der Waals surface area contributed by atoms with Gasteiger partial charge in [-0.3, -0.25) is 19.3 Å². The van der Waals surface area contributed by atoms with Gasteiger partial charge in [-0.15, -0.1) is 0 Å². The number of likely N-dealkylation sites (tertiary alicyclic amines) is 1. The van der Waals surface area contributed by atoms with Gasteiger partial charge in [-0.05, 0) is 63.6 Å². The molecule has 0 saturated carbocycles. The first-order valence-electron chi connectivity index (χ1n) is 12.7. The summed E-state index contributed by atoms with van der Waals surface area (Å²) in [7, 11) is 0. The second-order valence-electron chi connectivity index (χ2n) is 10.7. The Morgan fingerprint density at radius 1 is 1.15 bits per heavy atom. The number of fused-ring (bicyclic) bond motifs is 1. The first-order chi connectivity index (χ1) is 18.5. The third kappa shape index (κ3) is 5.46. The number of nitrogens with zero attached hydrogens (tertiary/aromatic N) is 4.